The molecule has 0 aliphatic heterocycles. The van der Waals surface area contributed by atoms with Crippen molar-refractivity contribution in [3.05, 3.63) is 95.8 Å². The number of ether oxygens (including phenoxy) is 2. The number of methoxy groups -OCH3 is 1. The minimum atomic E-state index is -0.751. The topological polar surface area (TPSA) is 77.5 Å². The first-order chi connectivity index (χ1) is 14.2. The van der Waals surface area contributed by atoms with Gasteiger partial charge in [-0.1, -0.05) is 66.7 Å². The molecule has 0 aliphatic carbocycles. The fourth-order valence-electron chi connectivity index (χ4n) is 2.56. The molecule has 1 N–H and O–H groups in total. The van der Waals surface area contributed by atoms with Crippen LogP contribution in [-0.2, 0) is 20.9 Å². The lowest BCUT2D eigenvalue weighted by Crippen LogP contribution is -2.28. The second-order valence-corrected chi connectivity index (χ2v) is 6.08. The van der Waals surface area contributed by atoms with Crippen LogP contribution in [0.2, 0.25) is 0 Å². The van der Waals surface area contributed by atoms with Crippen LogP contribution in [0.1, 0.15) is 11.1 Å². The van der Waals surface area contributed by atoms with Crippen LogP contribution in [0, 0.1) is 0 Å². The van der Waals surface area contributed by atoms with Gasteiger partial charge in [-0.2, -0.15) is 0 Å². The van der Waals surface area contributed by atoms with Gasteiger partial charge in [-0.05, 0) is 23.3 Å². The number of esters is 1. The van der Waals surface area contributed by atoms with E-state index in [0.29, 0.717) is 5.56 Å². The fourth-order valence-corrected chi connectivity index (χ4v) is 2.56. The van der Waals surface area contributed by atoms with Crippen LogP contribution in [0.25, 0.3) is 17.3 Å². The zero-order valence-electron chi connectivity index (χ0n) is 15.9. The van der Waals surface area contributed by atoms with Gasteiger partial charge in [0, 0.05) is 11.8 Å². The molecule has 3 rings (SSSR count). The fraction of sp³-hybridized carbons (Fsp3) is 0.0870. The average Bonchev–Trinajstić information content (AvgIpc) is 2.78. The molecule has 146 valence electrons. The molecule has 29 heavy (non-hydrogen) atoms. The maximum Gasteiger partial charge on any atom is 0.412 e. The van der Waals surface area contributed by atoms with E-state index in [1.165, 1.54) is 13.2 Å². The van der Waals surface area contributed by atoms with Gasteiger partial charge >= 0.3 is 12.1 Å². The summed E-state index contributed by atoms with van der Waals surface area (Å²) in [5.41, 5.74) is 3.22. The Morgan fingerprint density at radius 1 is 0.966 bits per heavy atom. The lowest BCUT2D eigenvalue weighted by atomic mass is 10.1. The number of hydrogen-bond donors (Lipinski definition) is 1. The van der Waals surface area contributed by atoms with Gasteiger partial charge in [0.1, 0.15) is 12.3 Å². The Labute approximate surface area is 168 Å². The number of nitrogens with zero attached hydrogens (tertiary/aromatic N) is 1. The second-order valence-electron chi connectivity index (χ2n) is 6.08. The van der Waals surface area contributed by atoms with Gasteiger partial charge in [0.05, 0.1) is 12.8 Å². The van der Waals surface area contributed by atoms with Crippen LogP contribution in [0.3, 0.4) is 0 Å². The number of carbonyl (C=O) groups excluding carboxylic acids is 2. The number of amides is 1. The summed E-state index contributed by atoms with van der Waals surface area (Å²) in [7, 11) is 1.24. The maximum absolute atomic E-state index is 12.1. The first-order valence-corrected chi connectivity index (χ1v) is 8.95. The van der Waals surface area contributed by atoms with Gasteiger partial charge in [0.25, 0.3) is 0 Å². The third kappa shape index (κ3) is 5.77. The molecule has 0 atom stereocenters. The van der Waals surface area contributed by atoms with E-state index in [1.54, 1.807) is 12.3 Å². The predicted molar refractivity (Wildman–Crippen MR) is 109 cm³/mol. The summed E-state index contributed by atoms with van der Waals surface area (Å²) in [6, 6.07) is 22.6. The molecular weight excluding hydrogens is 368 g/mol. The number of pyridine rings is 1. The Balaban J connectivity index is 1.70. The van der Waals surface area contributed by atoms with Crippen LogP contribution in [0.4, 0.5) is 4.79 Å². The molecule has 2 aromatic carbocycles. The highest BCUT2D eigenvalue weighted by Gasteiger charge is 2.14. The zero-order valence-corrected chi connectivity index (χ0v) is 15.9. The molecule has 0 saturated carbocycles. The van der Waals surface area contributed by atoms with Gasteiger partial charge in [-0.3, -0.25) is 10.3 Å². The van der Waals surface area contributed by atoms with E-state index in [9.17, 15) is 9.59 Å². The van der Waals surface area contributed by atoms with Crippen molar-refractivity contribution in [2.75, 3.05) is 7.11 Å². The molecule has 0 saturated heterocycles. The lowest BCUT2D eigenvalue weighted by Gasteiger charge is -2.09. The van der Waals surface area contributed by atoms with E-state index in [2.05, 4.69) is 10.3 Å². The summed E-state index contributed by atoms with van der Waals surface area (Å²) >= 11 is 0. The van der Waals surface area contributed by atoms with Crippen molar-refractivity contribution in [1.82, 2.24) is 10.3 Å². The number of nitrogens with one attached hydrogen (secondary N) is 1. The summed E-state index contributed by atoms with van der Waals surface area (Å²) in [4.78, 5) is 28.5. The SMILES string of the molecule is COC(=O)/C(=C/c1ccc(-c2ccccc2)nc1)NC(=O)OCc1ccccc1. The van der Waals surface area contributed by atoms with Crippen molar-refractivity contribution < 1.29 is 19.1 Å². The van der Waals surface area contributed by atoms with Crippen molar-refractivity contribution >= 4 is 18.1 Å². The lowest BCUT2D eigenvalue weighted by molar-refractivity contribution is -0.136. The maximum atomic E-state index is 12.1. The van der Waals surface area contributed by atoms with E-state index in [0.717, 1.165) is 16.8 Å². The predicted octanol–water partition coefficient (Wildman–Crippen LogP) is 4.19. The quantitative estimate of drug-likeness (QED) is 0.506. The van der Waals surface area contributed by atoms with E-state index in [4.69, 9.17) is 9.47 Å². The highest BCUT2D eigenvalue weighted by molar-refractivity contribution is 5.96. The number of benzene rings is 2. The summed E-state index contributed by atoms with van der Waals surface area (Å²) in [6.07, 6.45) is 2.35. The van der Waals surface area contributed by atoms with Crippen LogP contribution in [0.5, 0.6) is 0 Å². The smallest absolute Gasteiger partial charge is 0.412 e. The van der Waals surface area contributed by atoms with Gasteiger partial charge in [-0.25, -0.2) is 9.59 Å². The largest absolute Gasteiger partial charge is 0.464 e. The molecule has 6 heteroatoms. The molecule has 0 radical (unpaired) electrons. The van der Waals surface area contributed by atoms with E-state index >= 15 is 0 Å². The Morgan fingerprint density at radius 3 is 2.28 bits per heavy atom. The van der Waals surface area contributed by atoms with E-state index in [-0.39, 0.29) is 12.3 Å². The Kier molecular flexibility index (Phi) is 6.73. The van der Waals surface area contributed by atoms with Crippen molar-refractivity contribution in [1.29, 1.82) is 0 Å². The van der Waals surface area contributed by atoms with Gasteiger partial charge in [-0.15, -0.1) is 0 Å². The van der Waals surface area contributed by atoms with Gasteiger partial charge in [0.2, 0.25) is 0 Å². The number of aromatic nitrogens is 1. The van der Waals surface area contributed by atoms with Crippen LogP contribution in [0.15, 0.2) is 84.7 Å². The highest BCUT2D eigenvalue weighted by Crippen LogP contribution is 2.17. The van der Waals surface area contributed by atoms with E-state index in [1.807, 2.05) is 66.7 Å². The molecule has 0 bridgehead atoms. The number of carbonyl (C=O) groups is 2. The van der Waals surface area contributed by atoms with Crippen LogP contribution < -0.4 is 5.32 Å². The summed E-state index contributed by atoms with van der Waals surface area (Å²) in [5.74, 6) is -0.686. The first kappa shape index (κ1) is 19.8. The van der Waals surface area contributed by atoms with Gasteiger partial charge < -0.3 is 9.47 Å². The monoisotopic (exact) mass is 388 g/mol. The number of hydrogen-bond acceptors (Lipinski definition) is 5. The van der Waals surface area contributed by atoms with Crippen molar-refractivity contribution in [3.63, 3.8) is 0 Å². The van der Waals surface area contributed by atoms with Crippen molar-refractivity contribution in [2.45, 2.75) is 6.61 Å². The minimum Gasteiger partial charge on any atom is -0.464 e. The second kappa shape index (κ2) is 9.85. The zero-order chi connectivity index (χ0) is 20.5. The molecule has 0 unspecified atom stereocenters. The van der Waals surface area contributed by atoms with Gasteiger partial charge in [0.15, 0.2) is 0 Å². The molecule has 1 aromatic heterocycles. The number of alkyl carbamates (subject to hydrolysis) is 1. The minimum absolute atomic E-state index is 0.0418. The van der Waals surface area contributed by atoms with Crippen LogP contribution in [-0.4, -0.2) is 24.2 Å². The first-order valence-electron chi connectivity index (χ1n) is 8.95. The molecule has 1 amide bonds. The average molecular weight is 388 g/mol. The molecule has 6 nitrogen and oxygen atoms in total. The third-order valence-corrected chi connectivity index (χ3v) is 4.02. The Bertz CT molecular complexity index is 984. The van der Waals surface area contributed by atoms with Crippen molar-refractivity contribution in [2.24, 2.45) is 0 Å². The summed E-state index contributed by atoms with van der Waals surface area (Å²) < 4.78 is 9.90. The van der Waals surface area contributed by atoms with E-state index < -0.39 is 12.1 Å². The summed E-state index contributed by atoms with van der Waals surface area (Å²) in [5, 5.41) is 2.43. The Morgan fingerprint density at radius 2 is 1.66 bits per heavy atom. The standard InChI is InChI=1S/C23H20N2O4/c1-28-22(26)21(25-23(27)29-16-17-8-4-2-5-9-17)14-18-12-13-20(24-15-18)19-10-6-3-7-11-19/h2-15H,16H2,1H3,(H,25,27)/b21-14-. The molecule has 1 heterocycles. The normalized spacial score (nSPS) is 10.9. The molecule has 0 fully saturated rings. The van der Waals surface area contributed by atoms with Crippen LogP contribution >= 0.6 is 0 Å². The number of rotatable bonds is 6. The van der Waals surface area contributed by atoms with Crippen molar-refractivity contribution in [3.8, 4) is 11.3 Å². The highest BCUT2D eigenvalue weighted by atomic mass is 16.6. The molecule has 0 aliphatic rings. The molecular formula is C23H20N2O4. The summed E-state index contributed by atoms with van der Waals surface area (Å²) in [6.45, 7) is 0.0917. The molecule has 0 spiro atoms. The Hall–Kier alpha value is -3.93. The third-order valence-electron chi connectivity index (χ3n) is 4.02. The molecule has 3 aromatic rings.